The molecule has 0 aromatic heterocycles. The van der Waals surface area contributed by atoms with Gasteiger partial charge in [0, 0.05) is 36.9 Å². The number of hydrogen-bond donors (Lipinski definition) is 2. The second-order valence-corrected chi connectivity index (χ2v) is 7.79. The van der Waals surface area contributed by atoms with Crippen LogP contribution < -0.4 is 10.6 Å². The number of rotatable bonds is 6. The van der Waals surface area contributed by atoms with Gasteiger partial charge in [0.05, 0.1) is 10.7 Å². The molecule has 2 aromatic rings. The van der Waals surface area contributed by atoms with Gasteiger partial charge in [-0.15, -0.1) is 0 Å². The monoisotopic (exact) mass is 428 g/mol. The largest absolute Gasteiger partial charge is 0.387 e. The molecule has 1 amide bonds. The highest BCUT2D eigenvalue weighted by Crippen LogP contribution is 2.25. The Morgan fingerprint density at radius 1 is 1.17 bits per heavy atom. The molecule has 2 aromatic carbocycles. The van der Waals surface area contributed by atoms with E-state index in [1.54, 1.807) is 18.2 Å². The van der Waals surface area contributed by atoms with Gasteiger partial charge in [-0.2, -0.15) is 5.26 Å². The number of likely N-dealkylation sites (tertiary alicyclic amines) is 1. The Hall–Kier alpha value is -2.52. The Bertz CT molecular complexity index is 916. The Labute approximate surface area is 180 Å². The van der Waals surface area contributed by atoms with Crippen molar-refractivity contribution in [3.05, 3.63) is 75.9 Å². The average molecular weight is 429 g/mol. The van der Waals surface area contributed by atoms with Crippen molar-refractivity contribution in [1.29, 1.82) is 5.26 Å². The van der Waals surface area contributed by atoms with Gasteiger partial charge in [0.15, 0.2) is 0 Å². The smallest absolute Gasteiger partial charge is 0.267 e. The summed E-state index contributed by atoms with van der Waals surface area (Å²) in [6, 6.07) is 17.3. The number of carbonyl (C=O) groups excluding carboxylic acids is 1. The van der Waals surface area contributed by atoms with Crippen LogP contribution in [0.2, 0.25) is 10.0 Å². The molecule has 1 aliphatic heterocycles. The van der Waals surface area contributed by atoms with Crippen LogP contribution >= 0.6 is 23.2 Å². The van der Waals surface area contributed by atoms with Crippen molar-refractivity contribution in [2.45, 2.75) is 25.4 Å². The summed E-state index contributed by atoms with van der Waals surface area (Å²) in [5.41, 5.74) is 1.68. The predicted molar refractivity (Wildman–Crippen MR) is 117 cm³/mol. The number of nitrogens with zero attached hydrogens (tertiary/aromatic N) is 2. The van der Waals surface area contributed by atoms with Crippen molar-refractivity contribution in [2.75, 3.05) is 18.4 Å². The molecule has 1 aliphatic rings. The van der Waals surface area contributed by atoms with E-state index >= 15 is 0 Å². The number of piperidine rings is 1. The maximum Gasteiger partial charge on any atom is 0.267 e. The summed E-state index contributed by atoms with van der Waals surface area (Å²) in [5.74, 6) is -0.523. The Kier molecular flexibility index (Phi) is 7.54. The van der Waals surface area contributed by atoms with Crippen molar-refractivity contribution in [3.8, 4) is 6.07 Å². The van der Waals surface area contributed by atoms with E-state index in [4.69, 9.17) is 23.2 Å². The topological polar surface area (TPSA) is 68.2 Å². The number of amides is 1. The highest BCUT2D eigenvalue weighted by molar-refractivity contribution is 6.35. The van der Waals surface area contributed by atoms with E-state index in [0.29, 0.717) is 15.7 Å². The van der Waals surface area contributed by atoms with Gasteiger partial charge < -0.3 is 10.6 Å². The highest BCUT2D eigenvalue weighted by atomic mass is 35.5. The fourth-order valence-corrected chi connectivity index (χ4v) is 3.57. The second-order valence-electron chi connectivity index (χ2n) is 6.95. The first-order valence-electron chi connectivity index (χ1n) is 9.44. The van der Waals surface area contributed by atoms with Crippen molar-refractivity contribution in [2.24, 2.45) is 0 Å². The minimum atomic E-state index is -0.523. The van der Waals surface area contributed by atoms with E-state index in [9.17, 15) is 10.1 Å². The third-order valence-corrected chi connectivity index (χ3v) is 5.41. The van der Waals surface area contributed by atoms with Crippen molar-refractivity contribution < 1.29 is 4.79 Å². The number of hydrogen-bond acceptors (Lipinski definition) is 4. The van der Waals surface area contributed by atoms with Crippen molar-refractivity contribution in [3.63, 3.8) is 0 Å². The van der Waals surface area contributed by atoms with Crippen LogP contribution in [0.25, 0.3) is 0 Å². The minimum Gasteiger partial charge on any atom is -0.387 e. The summed E-state index contributed by atoms with van der Waals surface area (Å²) in [6.45, 7) is 2.87. The number of nitrogens with one attached hydrogen (secondary N) is 2. The molecule has 0 aliphatic carbocycles. The first-order valence-corrected chi connectivity index (χ1v) is 10.2. The molecule has 1 heterocycles. The normalized spacial score (nSPS) is 15.6. The Morgan fingerprint density at radius 3 is 2.59 bits per heavy atom. The zero-order valence-electron chi connectivity index (χ0n) is 15.9. The van der Waals surface area contributed by atoms with Crippen molar-refractivity contribution >= 4 is 34.8 Å². The van der Waals surface area contributed by atoms with Crippen LogP contribution in [0.15, 0.2) is 60.3 Å². The molecule has 7 heteroatoms. The standard InChI is InChI=1S/C22H22Cl2N4O/c23-18-6-7-20(24)21(12-18)27-22(29)17(13-25)14-26-19-8-10-28(11-9-19)15-16-4-2-1-3-5-16/h1-7,12,14,19,26H,8-11,15H2,(H,27,29)/b17-14-. The molecule has 29 heavy (non-hydrogen) atoms. The average Bonchev–Trinajstić information content (AvgIpc) is 2.73. The third-order valence-electron chi connectivity index (χ3n) is 4.84. The summed E-state index contributed by atoms with van der Waals surface area (Å²) in [6.07, 6.45) is 3.39. The minimum absolute atomic E-state index is 0.00671. The lowest BCUT2D eigenvalue weighted by Crippen LogP contribution is -2.40. The van der Waals surface area contributed by atoms with E-state index in [-0.39, 0.29) is 11.6 Å². The highest BCUT2D eigenvalue weighted by Gasteiger charge is 2.19. The number of halogens is 2. The molecular weight excluding hydrogens is 407 g/mol. The fourth-order valence-electron chi connectivity index (χ4n) is 3.23. The van der Waals surface area contributed by atoms with E-state index in [0.717, 1.165) is 32.5 Å². The lowest BCUT2D eigenvalue weighted by atomic mass is 10.0. The van der Waals surface area contributed by atoms with E-state index in [1.165, 1.54) is 11.8 Å². The lowest BCUT2D eigenvalue weighted by Gasteiger charge is -2.32. The zero-order chi connectivity index (χ0) is 20.6. The van der Waals surface area contributed by atoms with Gasteiger partial charge in [0.25, 0.3) is 5.91 Å². The molecule has 5 nitrogen and oxygen atoms in total. The molecule has 1 fully saturated rings. The SMILES string of the molecule is N#C/C(=C/NC1CCN(Cc2ccccc2)CC1)C(=O)Nc1cc(Cl)ccc1Cl. The molecule has 0 atom stereocenters. The maximum absolute atomic E-state index is 12.4. The molecule has 0 saturated carbocycles. The van der Waals surface area contributed by atoms with E-state index in [2.05, 4.69) is 39.8 Å². The summed E-state index contributed by atoms with van der Waals surface area (Å²) in [5, 5.41) is 16.0. The summed E-state index contributed by atoms with van der Waals surface area (Å²) in [7, 11) is 0. The van der Waals surface area contributed by atoms with Gasteiger partial charge in [0.1, 0.15) is 11.6 Å². The summed E-state index contributed by atoms with van der Waals surface area (Å²) >= 11 is 12.0. The maximum atomic E-state index is 12.4. The molecular formula is C22H22Cl2N4O. The summed E-state index contributed by atoms with van der Waals surface area (Å²) in [4.78, 5) is 14.8. The van der Waals surface area contributed by atoms with Gasteiger partial charge in [-0.05, 0) is 36.6 Å². The number of nitriles is 1. The van der Waals surface area contributed by atoms with Crippen molar-refractivity contribution in [1.82, 2.24) is 10.2 Å². The number of benzene rings is 2. The molecule has 0 spiro atoms. The first kappa shape index (κ1) is 21.2. The first-order chi connectivity index (χ1) is 14.0. The van der Waals surface area contributed by atoms with Crippen LogP contribution in [0.5, 0.6) is 0 Å². The number of anilines is 1. The van der Waals surface area contributed by atoms with Gasteiger partial charge in [-0.3, -0.25) is 9.69 Å². The molecule has 2 N–H and O–H groups in total. The van der Waals surface area contributed by atoms with Crippen LogP contribution in [0, 0.1) is 11.3 Å². The van der Waals surface area contributed by atoms with Gasteiger partial charge in [0.2, 0.25) is 0 Å². The Morgan fingerprint density at radius 2 is 1.90 bits per heavy atom. The Balaban J connectivity index is 1.51. The summed E-state index contributed by atoms with van der Waals surface area (Å²) < 4.78 is 0. The third kappa shape index (κ3) is 6.23. The van der Waals surface area contributed by atoms with E-state index < -0.39 is 5.91 Å². The van der Waals surface area contributed by atoms with Gasteiger partial charge in [-0.25, -0.2) is 0 Å². The van der Waals surface area contributed by atoms with Crippen LogP contribution in [-0.2, 0) is 11.3 Å². The van der Waals surface area contributed by atoms with E-state index in [1.807, 2.05) is 12.1 Å². The molecule has 0 unspecified atom stereocenters. The van der Waals surface area contributed by atoms with Crippen LogP contribution in [0.4, 0.5) is 5.69 Å². The zero-order valence-corrected chi connectivity index (χ0v) is 17.4. The molecule has 3 rings (SSSR count). The van der Waals surface area contributed by atoms with Crippen LogP contribution in [-0.4, -0.2) is 29.9 Å². The molecule has 150 valence electrons. The quantitative estimate of drug-likeness (QED) is 0.521. The molecule has 0 radical (unpaired) electrons. The molecule has 0 bridgehead atoms. The molecule has 1 saturated heterocycles. The predicted octanol–water partition coefficient (Wildman–Crippen LogP) is 4.59. The van der Waals surface area contributed by atoms with Gasteiger partial charge >= 0.3 is 0 Å². The van der Waals surface area contributed by atoms with Crippen LogP contribution in [0.1, 0.15) is 18.4 Å². The number of carbonyl (C=O) groups is 1. The lowest BCUT2D eigenvalue weighted by molar-refractivity contribution is -0.112. The second kappa shape index (κ2) is 10.3. The van der Waals surface area contributed by atoms with Gasteiger partial charge in [-0.1, -0.05) is 53.5 Å². The van der Waals surface area contributed by atoms with Crippen LogP contribution in [0.3, 0.4) is 0 Å². The fraction of sp³-hybridized carbons (Fsp3) is 0.273.